The predicted octanol–water partition coefficient (Wildman–Crippen LogP) is 4.33. The minimum absolute atomic E-state index is 0.255. The lowest BCUT2D eigenvalue weighted by Crippen LogP contribution is -2.10. The fourth-order valence-corrected chi connectivity index (χ4v) is 4.41. The van der Waals surface area contributed by atoms with Gasteiger partial charge in [0.05, 0.1) is 16.8 Å². The third-order valence-electron chi connectivity index (χ3n) is 5.77. The van der Waals surface area contributed by atoms with Gasteiger partial charge in [-0.05, 0) is 73.2 Å². The van der Waals surface area contributed by atoms with Gasteiger partial charge in [-0.25, -0.2) is 9.37 Å². The molecular weight excluding hydrogens is 367 g/mol. The van der Waals surface area contributed by atoms with E-state index >= 15 is 0 Å². The number of halogens is 1. The Morgan fingerprint density at radius 2 is 1.93 bits per heavy atom. The fourth-order valence-electron chi connectivity index (χ4n) is 4.41. The van der Waals surface area contributed by atoms with E-state index in [2.05, 4.69) is 5.32 Å². The lowest BCUT2D eigenvalue weighted by molar-refractivity contribution is -0.110. The number of nitrogens with one attached hydrogen (secondary N) is 2. The molecule has 1 aliphatic heterocycles. The van der Waals surface area contributed by atoms with Crippen LogP contribution < -0.4 is 11.1 Å². The molecule has 5 nitrogen and oxygen atoms in total. The van der Waals surface area contributed by atoms with E-state index < -0.39 is 0 Å². The number of aromatic nitrogens is 1. The van der Waals surface area contributed by atoms with Crippen molar-refractivity contribution >= 4 is 46.0 Å². The summed E-state index contributed by atoms with van der Waals surface area (Å²) in [7, 11) is 0. The Balaban J connectivity index is 1.78. The molecule has 2 aromatic carbocycles. The van der Waals surface area contributed by atoms with Crippen LogP contribution in [-0.4, -0.2) is 17.1 Å². The number of carbonyl (C=O) groups excluding carboxylic acids is 1. The lowest BCUT2D eigenvalue weighted by atomic mass is 9.85. The highest BCUT2D eigenvalue weighted by Gasteiger charge is 2.26. The Kier molecular flexibility index (Phi) is 3.94. The maximum atomic E-state index is 13.8. The maximum Gasteiger partial charge on any atom is 0.256 e. The number of anilines is 2. The first kappa shape index (κ1) is 17.6. The average molecular weight is 386 g/mol. The van der Waals surface area contributed by atoms with Crippen LogP contribution in [0.25, 0.3) is 22.6 Å². The van der Waals surface area contributed by atoms with E-state index in [1.165, 1.54) is 18.3 Å². The largest absolute Gasteiger partial charge is 0.398 e. The monoisotopic (exact) mass is 386 g/mol. The molecule has 144 valence electrons. The average Bonchev–Trinajstić information content (AvgIpc) is 3.03. The molecule has 1 aliphatic carbocycles. The maximum absolute atomic E-state index is 13.8. The number of benzene rings is 2. The van der Waals surface area contributed by atoms with Gasteiger partial charge in [-0.2, -0.15) is 0 Å². The summed E-state index contributed by atoms with van der Waals surface area (Å²) in [6.45, 7) is 0. The van der Waals surface area contributed by atoms with Crippen molar-refractivity contribution < 1.29 is 9.18 Å². The van der Waals surface area contributed by atoms with Crippen molar-refractivity contribution in [1.29, 1.82) is 5.41 Å². The van der Waals surface area contributed by atoms with Crippen molar-refractivity contribution in [3.63, 3.8) is 0 Å². The van der Waals surface area contributed by atoms with E-state index in [1.54, 1.807) is 18.2 Å². The van der Waals surface area contributed by atoms with E-state index in [-0.39, 0.29) is 11.7 Å². The summed E-state index contributed by atoms with van der Waals surface area (Å²) in [5.74, 6) is -0.639. The third kappa shape index (κ3) is 2.71. The molecule has 1 aromatic heterocycles. The highest BCUT2D eigenvalue weighted by Crippen LogP contribution is 2.37. The highest BCUT2D eigenvalue weighted by atomic mass is 19.1. The quantitative estimate of drug-likeness (QED) is 0.348. The molecule has 0 saturated carbocycles. The van der Waals surface area contributed by atoms with Crippen molar-refractivity contribution in [2.24, 2.45) is 0 Å². The Labute approximate surface area is 167 Å². The molecule has 0 unspecified atom stereocenters. The van der Waals surface area contributed by atoms with Gasteiger partial charge < -0.3 is 16.5 Å². The van der Waals surface area contributed by atoms with Gasteiger partial charge in [-0.3, -0.25) is 4.79 Å². The van der Waals surface area contributed by atoms with Crippen LogP contribution in [0.4, 0.5) is 15.8 Å². The van der Waals surface area contributed by atoms with Gasteiger partial charge in [0.1, 0.15) is 5.82 Å². The molecule has 0 saturated heterocycles. The topological polar surface area (TPSA) is 91.9 Å². The number of aryl methyl sites for hydroxylation is 1. The standard InChI is InChI=1S/C23H19FN4O/c24-12-5-7-19-15(9-12)16(23(29)28-19)10-21-13-3-1-2-4-14(13)22-17(11-25)18(26)6-8-20(22)27-21/h5-11,25H,1-4,26H2,(H,28,29)/b16-10+,25-11?. The second-order valence-electron chi connectivity index (χ2n) is 7.47. The van der Waals surface area contributed by atoms with E-state index in [1.807, 2.05) is 6.07 Å². The Morgan fingerprint density at radius 1 is 1.14 bits per heavy atom. The minimum atomic E-state index is -0.384. The number of nitrogens with zero attached hydrogens (tertiary/aromatic N) is 1. The number of rotatable bonds is 2. The Hall–Kier alpha value is -3.54. The second-order valence-corrected chi connectivity index (χ2v) is 7.47. The van der Waals surface area contributed by atoms with E-state index in [9.17, 15) is 9.18 Å². The van der Waals surface area contributed by atoms with Crippen LogP contribution in [0.1, 0.15) is 40.8 Å². The molecule has 0 bridgehead atoms. The van der Waals surface area contributed by atoms with Crippen molar-refractivity contribution in [3.05, 3.63) is 64.1 Å². The Morgan fingerprint density at radius 3 is 2.72 bits per heavy atom. The van der Waals surface area contributed by atoms with E-state index in [4.69, 9.17) is 16.1 Å². The molecule has 2 heterocycles. The number of hydrogen-bond donors (Lipinski definition) is 3. The molecule has 29 heavy (non-hydrogen) atoms. The minimum Gasteiger partial charge on any atom is -0.398 e. The first-order chi connectivity index (χ1) is 14.1. The van der Waals surface area contributed by atoms with Gasteiger partial charge in [-0.1, -0.05) is 0 Å². The van der Waals surface area contributed by atoms with E-state index in [0.29, 0.717) is 28.1 Å². The molecule has 0 spiro atoms. The zero-order chi connectivity index (χ0) is 20.1. The summed E-state index contributed by atoms with van der Waals surface area (Å²) in [6, 6.07) is 7.90. The van der Waals surface area contributed by atoms with Crippen molar-refractivity contribution in [1.82, 2.24) is 4.98 Å². The molecule has 0 fully saturated rings. The van der Waals surface area contributed by atoms with Crippen molar-refractivity contribution in [3.8, 4) is 0 Å². The SMILES string of the molecule is N=Cc1c(N)ccc2nc(/C=C3/C(=O)Nc4ccc(F)cc43)c3c(c12)CCCC3. The van der Waals surface area contributed by atoms with Crippen LogP contribution >= 0.6 is 0 Å². The number of amides is 1. The molecular formula is C23H19FN4O. The number of nitrogens with two attached hydrogens (primary N) is 1. The summed E-state index contributed by atoms with van der Waals surface area (Å²) in [4.78, 5) is 17.4. The first-order valence-electron chi connectivity index (χ1n) is 9.64. The van der Waals surface area contributed by atoms with Gasteiger partial charge in [0.25, 0.3) is 5.91 Å². The molecule has 2 aliphatic rings. The lowest BCUT2D eigenvalue weighted by Gasteiger charge is -2.21. The fraction of sp³-hybridized carbons (Fsp3) is 0.174. The predicted molar refractivity (Wildman–Crippen MR) is 114 cm³/mol. The summed E-state index contributed by atoms with van der Waals surface area (Å²) < 4.78 is 13.8. The third-order valence-corrected chi connectivity index (χ3v) is 5.77. The van der Waals surface area contributed by atoms with Crippen LogP contribution in [0, 0.1) is 11.2 Å². The Bertz CT molecular complexity index is 1250. The first-order valence-corrected chi connectivity index (χ1v) is 9.64. The van der Waals surface area contributed by atoms with E-state index in [0.717, 1.165) is 53.4 Å². The number of hydrogen-bond acceptors (Lipinski definition) is 4. The number of nitrogen functional groups attached to an aromatic ring is 1. The highest BCUT2D eigenvalue weighted by molar-refractivity contribution is 6.35. The summed E-state index contributed by atoms with van der Waals surface area (Å²) in [5.41, 5.74) is 12.7. The number of pyridine rings is 1. The van der Waals surface area contributed by atoms with Gasteiger partial charge in [0.2, 0.25) is 0 Å². The normalized spacial score (nSPS) is 16.6. The van der Waals surface area contributed by atoms with Crippen LogP contribution in [0.15, 0.2) is 30.3 Å². The van der Waals surface area contributed by atoms with Crippen LogP contribution in [0.2, 0.25) is 0 Å². The zero-order valence-electron chi connectivity index (χ0n) is 15.7. The summed E-state index contributed by atoms with van der Waals surface area (Å²) in [5, 5.41) is 11.5. The van der Waals surface area contributed by atoms with Crippen LogP contribution in [-0.2, 0) is 17.6 Å². The molecule has 6 heteroatoms. The molecule has 5 rings (SSSR count). The number of fused-ring (bicyclic) bond motifs is 4. The van der Waals surface area contributed by atoms with Crippen LogP contribution in [0.5, 0.6) is 0 Å². The number of carbonyl (C=O) groups is 1. The van der Waals surface area contributed by atoms with Gasteiger partial charge in [0, 0.05) is 34.1 Å². The smallest absolute Gasteiger partial charge is 0.256 e. The van der Waals surface area contributed by atoms with Crippen LogP contribution in [0.3, 0.4) is 0 Å². The van der Waals surface area contributed by atoms with Crippen molar-refractivity contribution in [2.45, 2.75) is 25.7 Å². The van der Waals surface area contributed by atoms with Gasteiger partial charge >= 0.3 is 0 Å². The van der Waals surface area contributed by atoms with Crippen molar-refractivity contribution in [2.75, 3.05) is 11.1 Å². The molecule has 0 radical (unpaired) electrons. The molecule has 0 atom stereocenters. The summed E-state index contributed by atoms with van der Waals surface area (Å²) in [6.07, 6.45) is 6.88. The molecule has 4 N–H and O–H groups in total. The second kappa shape index (κ2) is 6.51. The molecule has 1 amide bonds. The molecule has 3 aromatic rings. The summed E-state index contributed by atoms with van der Waals surface area (Å²) >= 11 is 0. The van der Waals surface area contributed by atoms with Gasteiger partial charge in [-0.15, -0.1) is 0 Å². The zero-order valence-corrected chi connectivity index (χ0v) is 15.7. The van der Waals surface area contributed by atoms with Gasteiger partial charge in [0.15, 0.2) is 0 Å².